The summed E-state index contributed by atoms with van der Waals surface area (Å²) in [4.78, 5) is 0. The van der Waals surface area contributed by atoms with E-state index in [9.17, 15) is 5.26 Å². The van der Waals surface area contributed by atoms with E-state index in [1.807, 2.05) is 4.68 Å². The van der Waals surface area contributed by atoms with Crippen molar-refractivity contribution in [1.82, 2.24) is 19.6 Å². The molecule has 0 radical (unpaired) electrons. The first kappa shape index (κ1) is 14.6. The Morgan fingerprint density at radius 3 is 2.96 bits per heavy atom. The fourth-order valence-corrected chi connectivity index (χ4v) is 3.33. The average molecular weight is 331 g/mol. The predicted octanol–water partition coefficient (Wildman–Crippen LogP) is 3.14. The molecule has 1 saturated carbocycles. The van der Waals surface area contributed by atoms with Gasteiger partial charge in [0.1, 0.15) is 22.5 Å². The molecular formula is C16H19ClN6. The van der Waals surface area contributed by atoms with Gasteiger partial charge in [-0.2, -0.15) is 20.1 Å². The topological polar surface area (TPSA) is 71.5 Å². The van der Waals surface area contributed by atoms with Crippen LogP contribution in [0.15, 0.2) is 6.20 Å². The summed E-state index contributed by atoms with van der Waals surface area (Å²) in [7, 11) is 0. The lowest BCUT2D eigenvalue weighted by Crippen LogP contribution is -2.16. The highest BCUT2D eigenvalue weighted by Crippen LogP contribution is 2.45. The highest BCUT2D eigenvalue weighted by atomic mass is 35.5. The molecule has 3 heterocycles. The number of hydrogen-bond acceptors (Lipinski definition) is 4. The van der Waals surface area contributed by atoms with E-state index in [1.165, 1.54) is 12.8 Å². The third-order valence-corrected chi connectivity index (χ3v) is 5.27. The number of nitriles is 1. The third kappa shape index (κ3) is 2.49. The number of hydrogen-bond donors (Lipinski definition) is 1. The van der Waals surface area contributed by atoms with Gasteiger partial charge in [-0.05, 0) is 37.5 Å². The molecule has 1 fully saturated rings. The minimum Gasteiger partial charge on any atom is -0.368 e. The van der Waals surface area contributed by atoms with Crippen LogP contribution in [0.25, 0.3) is 5.82 Å². The third-order valence-electron chi connectivity index (χ3n) is 4.89. The van der Waals surface area contributed by atoms with E-state index in [2.05, 4.69) is 28.5 Å². The summed E-state index contributed by atoms with van der Waals surface area (Å²) >= 11 is 6.55. The highest BCUT2D eigenvalue weighted by molar-refractivity contribution is 6.32. The van der Waals surface area contributed by atoms with Crippen molar-refractivity contribution >= 4 is 17.4 Å². The molecule has 7 heteroatoms. The Morgan fingerprint density at radius 2 is 2.26 bits per heavy atom. The lowest BCUT2D eigenvalue weighted by Gasteiger charge is -2.12. The predicted molar refractivity (Wildman–Crippen MR) is 87.8 cm³/mol. The van der Waals surface area contributed by atoms with Crippen LogP contribution in [0, 0.1) is 16.7 Å². The molecule has 4 rings (SSSR count). The number of nitrogens with one attached hydrogen (secondary N) is 1. The molecule has 0 unspecified atom stereocenters. The first-order valence-electron chi connectivity index (χ1n) is 8.09. The van der Waals surface area contributed by atoms with Crippen LogP contribution < -0.4 is 5.32 Å². The summed E-state index contributed by atoms with van der Waals surface area (Å²) in [5.74, 6) is 1.31. The van der Waals surface area contributed by atoms with Gasteiger partial charge in [-0.3, -0.25) is 4.68 Å². The van der Waals surface area contributed by atoms with Crippen molar-refractivity contribution in [3.63, 3.8) is 0 Å². The molecule has 1 aliphatic heterocycles. The minimum absolute atomic E-state index is 0.332. The van der Waals surface area contributed by atoms with Crippen LogP contribution in [0.5, 0.6) is 0 Å². The van der Waals surface area contributed by atoms with E-state index in [-0.39, 0.29) is 0 Å². The Labute approximate surface area is 140 Å². The van der Waals surface area contributed by atoms with Gasteiger partial charge in [0.2, 0.25) is 0 Å². The van der Waals surface area contributed by atoms with Gasteiger partial charge in [-0.15, -0.1) is 0 Å². The molecule has 0 atom stereocenters. The van der Waals surface area contributed by atoms with Gasteiger partial charge >= 0.3 is 0 Å². The Balaban J connectivity index is 1.72. The second-order valence-corrected chi connectivity index (χ2v) is 7.24. The second kappa shape index (κ2) is 5.27. The zero-order chi connectivity index (χ0) is 16.0. The smallest absolute Gasteiger partial charge is 0.196 e. The summed E-state index contributed by atoms with van der Waals surface area (Å²) in [5.41, 5.74) is 1.93. The number of fused-ring (bicyclic) bond motifs is 1. The number of nitrogens with zero attached hydrogens (tertiary/aromatic N) is 5. The van der Waals surface area contributed by atoms with Crippen LogP contribution in [0.4, 0.5) is 5.82 Å². The van der Waals surface area contributed by atoms with Crippen LogP contribution in [0.2, 0.25) is 5.02 Å². The van der Waals surface area contributed by atoms with Crippen molar-refractivity contribution in [2.24, 2.45) is 5.41 Å². The summed E-state index contributed by atoms with van der Waals surface area (Å²) < 4.78 is 3.65. The monoisotopic (exact) mass is 330 g/mol. The SMILES string of the molecule is CC1(CNc2c(C#N)cnn2-c2nn3c(c2Cl)CCCC3)CC1. The lowest BCUT2D eigenvalue weighted by atomic mass is 10.1. The number of aromatic nitrogens is 4. The zero-order valence-electron chi connectivity index (χ0n) is 13.1. The van der Waals surface area contributed by atoms with Gasteiger partial charge in [-0.1, -0.05) is 18.5 Å². The maximum absolute atomic E-state index is 9.35. The molecule has 1 aliphatic carbocycles. The molecule has 0 aromatic carbocycles. The molecule has 2 aliphatic rings. The van der Waals surface area contributed by atoms with Crippen LogP contribution >= 0.6 is 11.6 Å². The number of aryl methyl sites for hydroxylation is 1. The van der Waals surface area contributed by atoms with Crippen molar-refractivity contribution in [1.29, 1.82) is 5.26 Å². The molecule has 0 saturated heterocycles. The van der Waals surface area contributed by atoms with Crippen molar-refractivity contribution in [2.75, 3.05) is 11.9 Å². The maximum atomic E-state index is 9.35. The van der Waals surface area contributed by atoms with Crippen molar-refractivity contribution < 1.29 is 0 Å². The van der Waals surface area contributed by atoms with Gasteiger partial charge in [-0.25, -0.2) is 0 Å². The van der Waals surface area contributed by atoms with E-state index in [0.29, 0.717) is 27.6 Å². The molecule has 2 aromatic heterocycles. The first-order chi connectivity index (χ1) is 11.1. The molecule has 120 valence electrons. The lowest BCUT2D eigenvalue weighted by molar-refractivity contribution is 0.484. The fourth-order valence-electron chi connectivity index (χ4n) is 3.02. The fraction of sp³-hybridized carbons (Fsp3) is 0.562. The summed E-state index contributed by atoms with van der Waals surface area (Å²) in [6, 6.07) is 2.20. The normalized spacial score (nSPS) is 18.3. The van der Waals surface area contributed by atoms with Crippen LogP contribution in [0.3, 0.4) is 0 Å². The van der Waals surface area contributed by atoms with Gasteiger partial charge in [0, 0.05) is 13.1 Å². The van der Waals surface area contributed by atoms with Crippen LogP contribution in [-0.4, -0.2) is 26.1 Å². The van der Waals surface area contributed by atoms with Gasteiger partial charge in [0.15, 0.2) is 5.82 Å². The Kier molecular flexibility index (Phi) is 3.34. The first-order valence-corrected chi connectivity index (χ1v) is 8.47. The van der Waals surface area contributed by atoms with Crippen molar-refractivity contribution in [3.8, 4) is 11.9 Å². The molecule has 1 N–H and O–H groups in total. The van der Waals surface area contributed by atoms with E-state index in [0.717, 1.165) is 38.0 Å². The standard InChI is InChI=1S/C16H19ClN6/c1-16(5-6-16)10-19-14-11(8-18)9-20-23(14)15-13(17)12-4-2-3-7-22(12)21-15/h9,19H,2-7,10H2,1H3. The Hall–Kier alpha value is -2.00. The van der Waals surface area contributed by atoms with Gasteiger partial charge in [0.25, 0.3) is 0 Å². The highest BCUT2D eigenvalue weighted by Gasteiger charge is 2.37. The van der Waals surface area contributed by atoms with Crippen LogP contribution in [-0.2, 0) is 13.0 Å². The number of rotatable bonds is 4. The summed E-state index contributed by atoms with van der Waals surface area (Å²) in [6.45, 7) is 3.97. The van der Waals surface area contributed by atoms with Gasteiger partial charge < -0.3 is 5.32 Å². The molecule has 23 heavy (non-hydrogen) atoms. The largest absolute Gasteiger partial charge is 0.368 e. The van der Waals surface area contributed by atoms with E-state index in [4.69, 9.17) is 11.6 Å². The molecule has 0 bridgehead atoms. The molecule has 0 spiro atoms. The summed E-state index contributed by atoms with van der Waals surface area (Å²) in [5, 5.41) is 22.4. The zero-order valence-corrected chi connectivity index (χ0v) is 13.9. The van der Waals surface area contributed by atoms with E-state index >= 15 is 0 Å². The van der Waals surface area contributed by atoms with E-state index in [1.54, 1.807) is 10.9 Å². The van der Waals surface area contributed by atoms with Gasteiger partial charge in [0.05, 0.1) is 11.9 Å². The molecule has 0 amide bonds. The second-order valence-electron chi connectivity index (χ2n) is 6.86. The van der Waals surface area contributed by atoms with Crippen molar-refractivity contribution in [3.05, 3.63) is 22.5 Å². The Bertz CT molecular complexity index is 792. The van der Waals surface area contributed by atoms with Crippen LogP contribution in [0.1, 0.15) is 43.9 Å². The Morgan fingerprint density at radius 1 is 1.43 bits per heavy atom. The minimum atomic E-state index is 0.332. The van der Waals surface area contributed by atoms with Crippen molar-refractivity contribution in [2.45, 2.75) is 45.6 Å². The molecule has 6 nitrogen and oxygen atoms in total. The number of halogens is 1. The quantitative estimate of drug-likeness (QED) is 0.934. The molecular weight excluding hydrogens is 312 g/mol. The maximum Gasteiger partial charge on any atom is 0.196 e. The summed E-state index contributed by atoms with van der Waals surface area (Å²) in [6.07, 6.45) is 7.21. The molecule has 2 aromatic rings. The van der Waals surface area contributed by atoms with E-state index < -0.39 is 0 Å². The average Bonchev–Trinajstić information content (AvgIpc) is 3.03. The number of anilines is 1.